The molecule has 1 fully saturated rings. The molecular weight excluding hydrogens is 278 g/mol. The highest BCUT2D eigenvalue weighted by Gasteiger charge is 2.32. The third-order valence-corrected chi connectivity index (χ3v) is 4.37. The first kappa shape index (κ1) is 14.7. The number of benzene rings is 1. The number of amides is 1. The van der Waals surface area contributed by atoms with E-state index in [2.05, 4.69) is 39.8 Å². The number of tetrazole rings is 1. The van der Waals surface area contributed by atoms with Gasteiger partial charge in [0, 0.05) is 17.5 Å². The first-order valence-corrected chi connectivity index (χ1v) is 7.79. The zero-order valence-corrected chi connectivity index (χ0v) is 12.9. The fourth-order valence-corrected chi connectivity index (χ4v) is 3.04. The number of nitrogens with zero attached hydrogens (tertiary/aromatic N) is 3. The van der Waals surface area contributed by atoms with E-state index in [1.54, 1.807) is 0 Å². The Bertz CT molecular complexity index is 620. The Kier molecular flexibility index (Phi) is 4.18. The Morgan fingerprint density at radius 3 is 2.68 bits per heavy atom. The van der Waals surface area contributed by atoms with Crippen molar-refractivity contribution in [2.24, 2.45) is 0 Å². The molecule has 3 rings (SSSR count). The first-order valence-electron chi connectivity index (χ1n) is 7.79. The van der Waals surface area contributed by atoms with Gasteiger partial charge in [-0.15, -0.1) is 10.2 Å². The molecule has 116 valence electrons. The van der Waals surface area contributed by atoms with Crippen molar-refractivity contribution in [3.8, 4) is 0 Å². The van der Waals surface area contributed by atoms with Gasteiger partial charge in [-0.05, 0) is 36.5 Å². The molecular formula is C16H21N5O. The van der Waals surface area contributed by atoms with Crippen LogP contribution in [0.4, 0.5) is 0 Å². The molecule has 2 N–H and O–H groups in total. The number of carbonyl (C=O) groups excluding carboxylic acids is 1. The van der Waals surface area contributed by atoms with Crippen molar-refractivity contribution < 1.29 is 4.79 Å². The summed E-state index contributed by atoms with van der Waals surface area (Å²) in [6.07, 6.45) is 3.00. The van der Waals surface area contributed by atoms with Crippen molar-refractivity contribution in [1.29, 1.82) is 0 Å². The maximum atomic E-state index is 12.4. The monoisotopic (exact) mass is 299 g/mol. The molecule has 22 heavy (non-hydrogen) atoms. The second kappa shape index (κ2) is 6.25. The van der Waals surface area contributed by atoms with E-state index in [1.165, 1.54) is 5.56 Å². The van der Waals surface area contributed by atoms with Gasteiger partial charge in [-0.25, -0.2) is 0 Å². The van der Waals surface area contributed by atoms with Crippen LogP contribution in [-0.4, -0.2) is 32.6 Å². The van der Waals surface area contributed by atoms with Crippen LogP contribution in [0.3, 0.4) is 0 Å². The number of hydrogen-bond donors (Lipinski definition) is 2. The topological polar surface area (TPSA) is 83.6 Å². The summed E-state index contributed by atoms with van der Waals surface area (Å²) in [5.74, 6) is 1.28. The zero-order valence-electron chi connectivity index (χ0n) is 12.9. The zero-order chi connectivity index (χ0) is 15.5. The van der Waals surface area contributed by atoms with Crippen molar-refractivity contribution in [1.82, 2.24) is 25.9 Å². The molecule has 0 bridgehead atoms. The lowest BCUT2D eigenvalue weighted by molar-refractivity contribution is 0.0934. The highest BCUT2D eigenvalue weighted by atomic mass is 16.1. The summed E-state index contributed by atoms with van der Waals surface area (Å²) in [5, 5.41) is 17.3. The Hall–Kier alpha value is -2.24. The Labute approximate surface area is 129 Å². The van der Waals surface area contributed by atoms with Gasteiger partial charge in [-0.3, -0.25) is 4.79 Å². The fourth-order valence-electron chi connectivity index (χ4n) is 3.04. The van der Waals surface area contributed by atoms with Crippen molar-refractivity contribution in [3.05, 3.63) is 41.2 Å². The minimum atomic E-state index is -0.0318. The summed E-state index contributed by atoms with van der Waals surface area (Å²) in [4.78, 5) is 12.4. The molecule has 1 aromatic carbocycles. The Morgan fingerprint density at radius 1 is 1.27 bits per heavy atom. The summed E-state index contributed by atoms with van der Waals surface area (Å²) in [6, 6.07) is 7.90. The molecule has 1 aliphatic carbocycles. The van der Waals surface area contributed by atoms with Crippen LogP contribution in [0.1, 0.15) is 66.7 Å². The molecule has 1 saturated carbocycles. The summed E-state index contributed by atoms with van der Waals surface area (Å²) in [5.41, 5.74) is 1.94. The van der Waals surface area contributed by atoms with Gasteiger partial charge in [0.1, 0.15) is 0 Å². The molecule has 0 aliphatic heterocycles. The van der Waals surface area contributed by atoms with E-state index in [0.29, 0.717) is 17.3 Å². The predicted octanol–water partition coefficient (Wildman–Crippen LogP) is 2.39. The lowest BCUT2D eigenvalue weighted by atomic mass is 10.0. The average molecular weight is 299 g/mol. The van der Waals surface area contributed by atoms with Crippen LogP contribution in [0, 0.1) is 0 Å². The molecule has 1 aliphatic rings. The number of aromatic amines is 1. The van der Waals surface area contributed by atoms with Gasteiger partial charge >= 0.3 is 0 Å². The van der Waals surface area contributed by atoms with Crippen LogP contribution < -0.4 is 5.32 Å². The molecule has 1 aromatic heterocycles. The van der Waals surface area contributed by atoms with Crippen LogP contribution >= 0.6 is 0 Å². The highest BCUT2D eigenvalue weighted by molar-refractivity contribution is 5.94. The van der Waals surface area contributed by atoms with Crippen molar-refractivity contribution in [3.63, 3.8) is 0 Å². The van der Waals surface area contributed by atoms with Gasteiger partial charge in [0.15, 0.2) is 5.82 Å². The van der Waals surface area contributed by atoms with E-state index >= 15 is 0 Å². The fraction of sp³-hybridized carbons (Fsp3) is 0.500. The van der Waals surface area contributed by atoms with Crippen molar-refractivity contribution in [2.45, 2.75) is 51.0 Å². The maximum Gasteiger partial charge on any atom is 0.251 e. The molecule has 6 nitrogen and oxygen atoms in total. The minimum Gasteiger partial charge on any atom is -0.349 e. The number of aromatic nitrogens is 4. The predicted molar refractivity (Wildman–Crippen MR) is 82.6 cm³/mol. The highest BCUT2D eigenvalue weighted by Crippen LogP contribution is 2.32. The number of carbonyl (C=O) groups is 1. The molecule has 0 spiro atoms. The van der Waals surface area contributed by atoms with Crippen molar-refractivity contribution in [2.75, 3.05) is 0 Å². The number of nitrogens with one attached hydrogen (secondary N) is 2. The standard InChI is InChI=1S/C16H21N5O/c1-10(2)11-6-8-12(9-7-11)16(22)17-14-5-3-4-13(14)15-18-20-21-19-15/h6-10,13-14H,3-5H2,1-2H3,(H,17,22)(H,18,19,20,21). The molecule has 2 atom stereocenters. The van der Waals surface area contributed by atoms with Crippen LogP contribution in [0.2, 0.25) is 0 Å². The van der Waals surface area contributed by atoms with E-state index in [1.807, 2.05) is 24.3 Å². The normalized spacial score (nSPS) is 21.2. The first-order chi connectivity index (χ1) is 10.6. The number of H-pyrrole nitrogens is 1. The lowest BCUT2D eigenvalue weighted by Crippen LogP contribution is -2.36. The Morgan fingerprint density at radius 2 is 2.05 bits per heavy atom. The summed E-state index contributed by atoms with van der Waals surface area (Å²) in [6.45, 7) is 4.28. The van der Waals surface area contributed by atoms with E-state index < -0.39 is 0 Å². The minimum absolute atomic E-state index is 0.0318. The van der Waals surface area contributed by atoms with Gasteiger partial charge in [-0.1, -0.05) is 37.6 Å². The van der Waals surface area contributed by atoms with Crippen LogP contribution in [0.15, 0.2) is 24.3 Å². The molecule has 6 heteroatoms. The second-order valence-electron chi connectivity index (χ2n) is 6.16. The van der Waals surface area contributed by atoms with Gasteiger partial charge in [-0.2, -0.15) is 5.21 Å². The maximum absolute atomic E-state index is 12.4. The smallest absolute Gasteiger partial charge is 0.251 e. The van der Waals surface area contributed by atoms with Gasteiger partial charge in [0.2, 0.25) is 0 Å². The lowest BCUT2D eigenvalue weighted by Gasteiger charge is -2.18. The molecule has 0 saturated heterocycles. The van der Waals surface area contributed by atoms with E-state index in [4.69, 9.17) is 0 Å². The summed E-state index contributed by atoms with van der Waals surface area (Å²) < 4.78 is 0. The van der Waals surface area contributed by atoms with E-state index in [0.717, 1.165) is 19.3 Å². The van der Waals surface area contributed by atoms with Gasteiger partial charge < -0.3 is 5.32 Å². The number of rotatable bonds is 4. The van der Waals surface area contributed by atoms with E-state index in [9.17, 15) is 4.79 Å². The van der Waals surface area contributed by atoms with Gasteiger partial charge in [0.25, 0.3) is 5.91 Å². The number of hydrogen-bond acceptors (Lipinski definition) is 4. The second-order valence-corrected chi connectivity index (χ2v) is 6.16. The van der Waals surface area contributed by atoms with Crippen LogP contribution in [0.5, 0.6) is 0 Å². The summed E-state index contributed by atoms with van der Waals surface area (Å²) >= 11 is 0. The molecule has 1 amide bonds. The molecule has 0 radical (unpaired) electrons. The Balaban J connectivity index is 1.68. The van der Waals surface area contributed by atoms with Crippen LogP contribution in [0.25, 0.3) is 0 Å². The molecule has 2 unspecified atom stereocenters. The SMILES string of the molecule is CC(C)c1ccc(C(=O)NC2CCCC2c2nn[nH]n2)cc1. The van der Waals surface area contributed by atoms with Crippen LogP contribution in [-0.2, 0) is 0 Å². The molecule has 1 heterocycles. The molecule has 2 aromatic rings. The van der Waals surface area contributed by atoms with Gasteiger partial charge in [0.05, 0.1) is 0 Å². The van der Waals surface area contributed by atoms with E-state index in [-0.39, 0.29) is 17.9 Å². The average Bonchev–Trinajstić information content (AvgIpc) is 3.18. The summed E-state index contributed by atoms with van der Waals surface area (Å²) in [7, 11) is 0. The third-order valence-electron chi connectivity index (χ3n) is 4.37. The largest absolute Gasteiger partial charge is 0.349 e. The van der Waals surface area contributed by atoms with Crippen molar-refractivity contribution >= 4 is 5.91 Å². The quantitative estimate of drug-likeness (QED) is 0.908. The third kappa shape index (κ3) is 3.00.